The van der Waals surface area contributed by atoms with E-state index in [9.17, 15) is 0 Å². The first kappa shape index (κ1) is 4.47. The third kappa shape index (κ3) is 0.444. The lowest BCUT2D eigenvalue weighted by molar-refractivity contribution is 0.826. The summed E-state index contributed by atoms with van der Waals surface area (Å²) in [6.07, 6.45) is 0. The fourth-order valence-corrected chi connectivity index (χ4v) is 0.811. The van der Waals surface area contributed by atoms with Crippen molar-refractivity contribution in [2.24, 2.45) is 0 Å². The van der Waals surface area contributed by atoms with E-state index in [0.717, 1.165) is 0 Å². The molecule has 2 heteroatoms. The molecule has 0 amide bonds. The minimum Gasteiger partial charge on any atom is -0.244 e. The first-order valence-electron chi connectivity index (χ1n) is 2.20. The number of rotatable bonds is 0. The smallest absolute Gasteiger partial charge is 0.0338 e. The second-order valence-electron chi connectivity index (χ2n) is 1.86. The van der Waals surface area contributed by atoms with Crippen LogP contribution in [-0.2, 0) is 0 Å². The lowest BCUT2D eigenvalue weighted by Crippen LogP contribution is -1.74. The van der Waals surface area contributed by atoms with E-state index in [0.29, 0.717) is 12.1 Å². The van der Waals surface area contributed by atoms with E-state index in [1.807, 2.05) is 4.31 Å². The molecule has 0 aromatic heterocycles. The Kier molecular flexibility index (Phi) is 0.848. The fraction of sp³-hybridized carbons (Fsp3) is 1.00. The van der Waals surface area contributed by atoms with Crippen LogP contribution in [0.25, 0.3) is 0 Å². The van der Waals surface area contributed by atoms with Gasteiger partial charge in [-0.1, -0.05) is 12.8 Å². The van der Waals surface area contributed by atoms with Gasteiger partial charge in [0, 0.05) is 12.1 Å². The Labute approximate surface area is 43.9 Å². The molecule has 2 atom stereocenters. The van der Waals surface area contributed by atoms with Crippen LogP contribution in [0.3, 0.4) is 0 Å². The molecule has 1 aliphatic rings. The summed E-state index contributed by atoms with van der Waals surface area (Å²) in [5.74, 6) is 0. The minimum absolute atomic E-state index is 0.716. The van der Waals surface area contributed by atoms with Gasteiger partial charge in [-0.05, 0) is 13.8 Å². The predicted molar refractivity (Wildman–Crippen MR) is 29.7 cm³/mol. The number of hydrogen-bond acceptors (Lipinski definition) is 2. The average molecular weight is 103 g/mol. The van der Waals surface area contributed by atoms with Crippen LogP contribution in [-0.4, -0.2) is 16.4 Å². The van der Waals surface area contributed by atoms with Crippen molar-refractivity contribution in [1.29, 1.82) is 0 Å². The van der Waals surface area contributed by atoms with Gasteiger partial charge in [-0.3, -0.25) is 0 Å². The maximum atomic E-state index is 4.10. The quantitative estimate of drug-likeness (QED) is 0.352. The zero-order valence-electron chi connectivity index (χ0n) is 4.05. The molecule has 36 valence electrons. The lowest BCUT2D eigenvalue weighted by Gasteiger charge is -1.75. The van der Waals surface area contributed by atoms with E-state index < -0.39 is 0 Å². The first-order chi connectivity index (χ1) is 2.73. The normalized spacial score (nSPS) is 55.5. The summed E-state index contributed by atoms with van der Waals surface area (Å²) in [6, 6.07) is 1.43. The lowest BCUT2D eigenvalue weighted by atomic mass is 10.4. The van der Waals surface area contributed by atoms with Crippen molar-refractivity contribution < 1.29 is 0 Å². The predicted octanol–water partition coefficient (Wildman–Crippen LogP) is 0.924. The van der Waals surface area contributed by atoms with Crippen LogP contribution in [0.15, 0.2) is 0 Å². The molecule has 6 heavy (non-hydrogen) atoms. The highest BCUT2D eigenvalue weighted by Crippen LogP contribution is 2.28. The largest absolute Gasteiger partial charge is 0.244 e. The Morgan fingerprint density at radius 3 is 1.50 bits per heavy atom. The molecular weight excluding hydrogens is 94.1 g/mol. The molecule has 0 saturated carbocycles. The zero-order valence-corrected chi connectivity index (χ0v) is 4.94. The molecule has 0 spiro atoms. The Morgan fingerprint density at radius 2 is 1.50 bits per heavy atom. The van der Waals surface area contributed by atoms with Crippen molar-refractivity contribution in [3.63, 3.8) is 0 Å². The van der Waals surface area contributed by atoms with Gasteiger partial charge in [0.05, 0.1) is 0 Å². The summed E-state index contributed by atoms with van der Waals surface area (Å²) in [7, 11) is 0. The maximum absolute atomic E-state index is 4.10. The second-order valence-corrected chi connectivity index (χ2v) is 2.32. The first-order valence-corrected chi connectivity index (χ1v) is 2.60. The summed E-state index contributed by atoms with van der Waals surface area (Å²) in [5.41, 5.74) is 0. The van der Waals surface area contributed by atoms with Crippen molar-refractivity contribution in [1.82, 2.24) is 4.31 Å². The van der Waals surface area contributed by atoms with Gasteiger partial charge >= 0.3 is 0 Å². The van der Waals surface area contributed by atoms with Crippen LogP contribution >= 0.6 is 12.8 Å². The zero-order chi connectivity index (χ0) is 4.73. The summed E-state index contributed by atoms with van der Waals surface area (Å²) < 4.78 is 2.03. The molecule has 1 nitrogen and oxygen atoms in total. The van der Waals surface area contributed by atoms with Crippen molar-refractivity contribution in [2.45, 2.75) is 25.9 Å². The van der Waals surface area contributed by atoms with Crippen LogP contribution in [0.1, 0.15) is 13.8 Å². The summed E-state index contributed by atoms with van der Waals surface area (Å²) >= 11 is 4.10. The van der Waals surface area contributed by atoms with Gasteiger partial charge in [0.2, 0.25) is 0 Å². The molecule has 1 saturated heterocycles. The van der Waals surface area contributed by atoms with Gasteiger partial charge < -0.3 is 0 Å². The van der Waals surface area contributed by atoms with E-state index in [4.69, 9.17) is 0 Å². The van der Waals surface area contributed by atoms with Crippen LogP contribution in [0.2, 0.25) is 0 Å². The minimum atomic E-state index is 0.716. The van der Waals surface area contributed by atoms with Crippen molar-refractivity contribution in [2.75, 3.05) is 0 Å². The number of hydrogen-bond donors (Lipinski definition) is 1. The third-order valence-electron chi connectivity index (χ3n) is 1.44. The molecule has 0 aromatic carbocycles. The molecule has 2 unspecified atom stereocenters. The SMILES string of the molecule is CC1C(C)N1S. The Bertz CT molecular complexity index is 44.3. The highest BCUT2D eigenvalue weighted by Gasteiger charge is 2.36. The van der Waals surface area contributed by atoms with Crippen molar-refractivity contribution in [3.8, 4) is 0 Å². The van der Waals surface area contributed by atoms with E-state index in [-0.39, 0.29) is 0 Å². The van der Waals surface area contributed by atoms with E-state index in [1.165, 1.54) is 0 Å². The second kappa shape index (κ2) is 1.14. The van der Waals surface area contributed by atoms with Gasteiger partial charge in [0.15, 0.2) is 0 Å². The van der Waals surface area contributed by atoms with Crippen LogP contribution in [0.4, 0.5) is 0 Å². The summed E-state index contributed by atoms with van der Waals surface area (Å²) in [4.78, 5) is 0. The standard InChI is InChI=1S/C4H9NS/c1-3-4(2)5(3)6/h3-4,6H,1-2H3. The number of nitrogens with zero attached hydrogens (tertiary/aromatic N) is 1. The van der Waals surface area contributed by atoms with Crippen LogP contribution in [0.5, 0.6) is 0 Å². The van der Waals surface area contributed by atoms with Gasteiger partial charge in [0.25, 0.3) is 0 Å². The van der Waals surface area contributed by atoms with Gasteiger partial charge in [-0.25, -0.2) is 4.31 Å². The average Bonchev–Trinajstić information content (AvgIpc) is 1.94. The van der Waals surface area contributed by atoms with Gasteiger partial charge in [-0.15, -0.1) is 0 Å². The molecule has 1 aliphatic heterocycles. The van der Waals surface area contributed by atoms with Crippen LogP contribution < -0.4 is 0 Å². The fourth-order valence-electron chi connectivity index (χ4n) is 0.484. The van der Waals surface area contributed by atoms with Gasteiger partial charge in [-0.2, -0.15) is 0 Å². The van der Waals surface area contributed by atoms with E-state index in [2.05, 4.69) is 26.7 Å². The summed E-state index contributed by atoms with van der Waals surface area (Å²) in [6.45, 7) is 4.33. The molecule has 1 rings (SSSR count). The molecule has 1 fully saturated rings. The molecule has 0 bridgehead atoms. The van der Waals surface area contributed by atoms with Crippen molar-refractivity contribution >= 4 is 12.8 Å². The molecule has 0 N–H and O–H groups in total. The number of thiol groups is 1. The molecule has 0 aliphatic carbocycles. The molecule has 1 heterocycles. The monoisotopic (exact) mass is 103 g/mol. The molecule has 0 aromatic rings. The summed E-state index contributed by atoms with van der Waals surface area (Å²) in [5, 5.41) is 0. The van der Waals surface area contributed by atoms with Gasteiger partial charge in [0.1, 0.15) is 0 Å². The van der Waals surface area contributed by atoms with Crippen LogP contribution in [0, 0.1) is 0 Å². The highest BCUT2D eigenvalue weighted by molar-refractivity contribution is 7.78. The Balaban J connectivity index is 2.31. The highest BCUT2D eigenvalue weighted by atomic mass is 32.1. The Hall–Kier alpha value is 0.310. The van der Waals surface area contributed by atoms with E-state index >= 15 is 0 Å². The van der Waals surface area contributed by atoms with E-state index in [1.54, 1.807) is 0 Å². The maximum Gasteiger partial charge on any atom is 0.0338 e. The Morgan fingerprint density at radius 1 is 1.33 bits per heavy atom. The molecular formula is C4H9NS. The molecule has 0 radical (unpaired) electrons. The third-order valence-corrected chi connectivity index (χ3v) is 2.17. The topological polar surface area (TPSA) is 3.01 Å². The van der Waals surface area contributed by atoms with Crippen molar-refractivity contribution in [3.05, 3.63) is 0 Å².